The molecule has 0 aromatic carbocycles. The highest BCUT2D eigenvalue weighted by Gasteiger charge is 2.48. The van der Waals surface area contributed by atoms with E-state index in [4.69, 9.17) is 5.73 Å². The second-order valence-corrected chi connectivity index (χ2v) is 7.20. The number of aromatic amines is 1. The van der Waals surface area contributed by atoms with E-state index in [1.807, 2.05) is 0 Å². The molecule has 1 saturated heterocycles. The second kappa shape index (κ2) is 2.98. The van der Waals surface area contributed by atoms with E-state index >= 15 is 0 Å². The van der Waals surface area contributed by atoms with Crippen molar-refractivity contribution in [3.63, 3.8) is 0 Å². The van der Waals surface area contributed by atoms with Crippen molar-refractivity contribution in [2.45, 2.75) is 30.9 Å². The van der Waals surface area contributed by atoms with Gasteiger partial charge in [0.25, 0.3) is 0 Å². The maximum atomic E-state index is 11.8. The van der Waals surface area contributed by atoms with Crippen LogP contribution in [0.1, 0.15) is 31.9 Å². The summed E-state index contributed by atoms with van der Waals surface area (Å²) in [6, 6.07) is 1.72. The molecule has 1 atom stereocenters. The van der Waals surface area contributed by atoms with E-state index in [9.17, 15) is 8.42 Å². The van der Waals surface area contributed by atoms with Crippen molar-refractivity contribution < 1.29 is 8.42 Å². The highest BCUT2D eigenvalue weighted by atomic mass is 32.2. The van der Waals surface area contributed by atoms with Gasteiger partial charge in [-0.2, -0.15) is 5.10 Å². The van der Waals surface area contributed by atoms with E-state index < -0.39 is 14.6 Å². The van der Waals surface area contributed by atoms with Gasteiger partial charge in [0, 0.05) is 17.7 Å². The molecule has 2 rings (SSSR count). The third-order valence-electron chi connectivity index (χ3n) is 3.31. The molecule has 3 N–H and O–H groups in total. The smallest absolute Gasteiger partial charge is 0.156 e. The van der Waals surface area contributed by atoms with Crippen LogP contribution in [0.15, 0.2) is 6.07 Å². The molecule has 2 heterocycles. The number of aromatic nitrogens is 2. The number of nitrogen functional groups attached to an aromatic ring is 1. The lowest BCUT2D eigenvalue weighted by Crippen LogP contribution is -2.32. The summed E-state index contributed by atoms with van der Waals surface area (Å²) in [7, 11) is -3.00. The molecule has 1 fully saturated rings. The number of nitrogens with zero attached hydrogens (tertiary/aromatic N) is 1. The topological polar surface area (TPSA) is 88.8 Å². The Labute approximate surface area is 89.0 Å². The van der Waals surface area contributed by atoms with Gasteiger partial charge in [0.15, 0.2) is 9.84 Å². The number of hydrogen-bond donors (Lipinski definition) is 2. The third-order valence-corrected chi connectivity index (χ3v) is 5.97. The highest BCUT2D eigenvalue weighted by molar-refractivity contribution is 7.93. The van der Waals surface area contributed by atoms with Gasteiger partial charge < -0.3 is 5.73 Å². The van der Waals surface area contributed by atoms with Crippen LogP contribution in [0.2, 0.25) is 0 Å². The van der Waals surface area contributed by atoms with Gasteiger partial charge >= 0.3 is 0 Å². The summed E-state index contributed by atoms with van der Waals surface area (Å²) in [5, 5.41) is 6.63. The summed E-state index contributed by atoms with van der Waals surface area (Å²) in [6.07, 6.45) is 0.636. The molecular formula is C9H15N3O2S. The summed E-state index contributed by atoms with van der Waals surface area (Å²) in [4.78, 5) is 0. The minimum atomic E-state index is -3.00. The lowest BCUT2D eigenvalue weighted by molar-refractivity contribution is 0.510. The van der Waals surface area contributed by atoms with Crippen molar-refractivity contribution in [2.24, 2.45) is 0 Å². The Morgan fingerprint density at radius 3 is 2.67 bits per heavy atom. The molecule has 1 aromatic rings. The van der Waals surface area contributed by atoms with Crippen LogP contribution in [0.4, 0.5) is 5.82 Å². The average Bonchev–Trinajstić information content (AvgIpc) is 2.58. The van der Waals surface area contributed by atoms with Gasteiger partial charge in [-0.1, -0.05) is 0 Å². The summed E-state index contributed by atoms with van der Waals surface area (Å²) < 4.78 is 22.9. The molecule has 15 heavy (non-hydrogen) atoms. The Hall–Kier alpha value is -1.04. The quantitative estimate of drug-likeness (QED) is 0.740. The third kappa shape index (κ3) is 1.43. The van der Waals surface area contributed by atoms with Crippen LogP contribution in [0.5, 0.6) is 0 Å². The van der Waals surface area contributed by atoms with Gasteiger partial charge in [-0.25, -0.2) is 8.42 Å². The Morgan fingerprint density at radius 1 is 1.60 bits per heavy atom. The van der Waals surface area contributed by atoms with Crippen molar-refractivity contribution in [1.82, 2.24) is 10.2 Å². The maximum Gasteiger partial charge on any atom is 0.156 e. The molecule has 1 aliphatic rings. The zero-order valence-electron chi connectivity index (χ0n) is 8.82. The van der Waals surface area contributed by atoms with Gasteiger partial charge in [-0.05, 0) is 20.3 Å². The van der Waals surface area contributed by atoms with Crippen LogP contribution in [-0.4, -0.2) is 29.1 Å². The summed E-state index contributed by atoms with van der Waals surface area (Å²) >= 11 is 0. The average molecular weight is 229 g/mol. The van der Waals surface area contributed by atoms with Gasteiger partial charge in [0.2, 0.25) is 0 Å². The molecule has 1 aliphatic heterocycles. The number of nitrogens with one attached hydrogen (secondary N) is 1. The Morgan fingerprint density at radius 2 is 2.27 bits per heavy atom. The van der Waals surface area contributed by atoms with E-state index in [1.54, 1.807) is 19.9 Å². The van der Waals surface area contributed by atoms with E-state index in [2.05, 4.69) is 10.2 Å². The SMILES string of the molecule is CC1(C)C(c2cc(N)n[nH]2)CCS1(=O)=O. The zero-order chi connectivity index (χ0) is 11.3. The van der Waals surface area contributed by atoms with E-state index in [1.165, 1.54) is 0 Å². The van der Waals surface area contributed by atoms with E-state index in [0.29, 0.717) is 12.2 Å². The fraction of sp³-hybridized carbons (Fsp3) is 0.667. The second-order valence-electron chi connectivity index (χ2n) is 4.51. The molecule has 0 radical (unpaired) electrons. The Balaban J connectivity index is 2.42. The first-order chi connectivity index (χ1) is 6.84. The van der Waals surface area contributed by atoms with Gasteiger partial charge in [0.1, 0.15) is 5.82 Å². The monoisotopic (exact) mass is 229 g/mol. The molecule has 0 spiro atoms. The van der Waals surface area contributed by atoms with Gasteiger partial charge in [-0.3, -0.25) is 5.10 Å². The molecule has 0 aliphatic carbocycles. The number of anilines is 1. The summed E-state index contributed by atoms with van der Waals surface area (Å²) in [5.74, 6) is 0.612. The number of nitrogens with two attached hydrogens (primary N) is 1. The first kappa shape index (κ1) is 10.5. The van der Waals surface area contributed by atoms with Crippen LogP contribution in [0, 0.1) is 0 Å². The molecule has 1 unspecified atom stereocenters. The maximum absolute atomic E-state index is 11.8. The molecule has 5 nitrogen and oxygen atoms in total. The lowest BCUT2D eigenvalue weighted by atomic mass is 9.90. The first-order valence-electron chi connectivity index (χ1n) is 4.87. The number of sulfone groups is 1. The number of H-pyrrole nitrogens is 1. The first-order valence-corrected chi connectivity index (χ1v) is 6.53. The van der Waals surface area contributed by atoms with Crippen molar-refractivity contribution in [3.05, 3.63) is 11.8 Å². The predicted octanol–water partition coefficient (Wildman–Crippen LogP) is 0.673. The zero-order valence-corrected chi connectivity index (χ0v) is 9.63. The molecule has 84 valence electrons. The Kier molecular flexibility index (Phi) is 2.08. The highest BCUT2D eigenvalue weighted by Crippen LogP contribution is 2.43. The Bertz CT molecular complexity index is 475. The molecule has 0 amide bonds. The molecule has 0 saturated carbocycles. The number of hydrogen-bond acceptors (Lipinski definition) is 4. The molecule has 1 aromatic heterocycles. The van der Waals surface area contributed by atoms with Crippen LogP contribution in [-0.2, 0) is 9.84 Å². The standard InChI is InChI=1S/C9H15N3O2S/c1-9(2)6(3-4-15(9,13)14)7-5-8(10)12-11-7/h5-6H,3-4H2,1-2H3,(H3,10,11,12). The van der Waals surface area contributed by atoms with Crippen LogP contribution < -0.4 is 5.73 Å². The lowest BCUT2D eigenvalue weighted by Gasteiger charge is -2.24. The van der Waals surface area contributed by atoms with Crippen LogP contribution in [0.25, 0.3) is 0 Å². The molecular weight excluding hydrogens is 214 g/mol. The van der Waals surface area contributed by atoms with Crippen molar-refractivity contribution in [3.8, 4) is 0 Å². The molecule has 0 bridgehead atoms. The molecule has 6 heteroatoms. The fourth-order valence-corrected chi connectivity index (χ4v) is 3.91. The predicted molar refractivity (Wildman–Crippen MR) is 58.2 cm³/mol. The van der Waals surface area contributed by atoms with Crippen molar-refractivity contribution in [2.75, 3.05) is 11.5 Å². The number of rotatable bonds is 1. The summed E-state index contributed by atoms with van der Waals surface area (Å²) in [6.45, 7) is 3.52. The largest absolute Gasteiger partial charge is 0.382 e. The van der Waals surface area contributed by atoms with Crippen molar-refractivity contribution in [1.29, 1.82) is 0 Å². The fourth-order valence-electron chi connectivity index (χ4n) is 2.16. The van der Waals surface area contributed by atoms with Crippen LogP contribution >= 0.6 is 0 Å². The minimum absolute atomic E-state index is 0.0349. The van der Waals surface area contributed by atoms with E-state index in [0.717, 1.165) is 5.69 Å². The van der Waals surface area contributed by atoms with Gasteiger partial charge in [0.05, 0.1) is 10.5 Å². The van der Waals surface area contributed by atoms with Crippen molar-refractivity contribution >= 4 is 15.7 Å². The van der Waals surface area contributed by atoms with Gasteiger partial charge in [-0.15, -0.1) is 0 Å². The van der Waals surface area contributed by atoms with Crippen LogP contribution in [0.3, 0.4) is 0 Å². The minimum Gasteiger partial charge on any atom is -0.382 e. The van der Waals surface area contributed by atoms with E-state index in [-0.39, 0.29) is 11.7 Å². The summed E-state index contributed by atoms with van der Waals surface area (Å²) in [5.41, 5.74) is 6.33. The normalized spacial score (nSPS) is 28.0.